The minimum absolute atomic E-state index is 0.0256. The van der Waals surface area contributed by atoms with Crippen LogP contribution in [0.3, 0.4) is 0 Å². The quantitative estimate of drug-likeness (QED) is 0.710. The predicted molar refractivity (Wildman–Crippen MR) is 85.6 cm³/mol. The van der Waals surface area contributed by atoms with Gasteiger partial charge in [0.2, 0.25) is 5.91 Å². The SMILES string of the molecule is O=C(NCC(=O)N1CCOC(C(=O)O)C1)NCc1ccc(Cl)cc1. The Labute approximate surface area is 143 Å². The lowest BCUT2D eigenvalue weighted by Gasteiger charge is -2.30. The second kappa shape index (κ2) is 8.51. The molecule has 1 aromatic carbocycles. The highest BCUT2D eigenvalue weighted by Gasteiger charge is 2.28. The van der Waals surface area contributed by atoms with E-state index in [-0.39, 0.29) is 25.6 Å². The summed E-state index contributed by atoms with van der Waals surface area (Å²) in [6.45, 7) is 0.527. The molecule has 1 fully saturated rings. The van der Waals surface area contributed by atoms with Gasteiger partial charge in [-0.3, -0.25) is 4.79 Å². The number of hydrogen-bond donors (Lipinski definition) is 3. The van der Waals surface area contributed by atoms with Gasteiger partial charge in [-0.1, -0.05) is 23.7 Å². The van der Waals surface area contributed by atoms with E-state index < -0.39 is 18.1 Å². The minimum atomic E-state index is -1.11. The third kappa shape index (κ3) is 5.39. The largest absolute Gasteiger partial charge is 0.479 e. The molecular weight excluding hydrogens is 338 g/mol. The molecule has 2 rings (SSSR count). The maximum absolute atomic E-state index is 12.0. The minimum Gasteiger partial charge on any atom is -0.479 e. The number of amides is 3. The lowest BCUT2D eigenvalue weighted by molar-refractivity contribution is -0.159. The van der Waals surface area contributed by atoms with Gasteiger partial charge in [0.05, 0.1) is 19.7 Å². The molecule has 0 spiro atoms. The predicted octanol–water partition coefficient (Wildman–Crippen LogP) is 0.451. The second-order valence-electron chi connectivity index (χ2n) is 5.20. The molecule has 1 unspecified atom stereocenters. The molecule has 8 nitrogen and oxygen atoms in total. The molecule has 0 aromatic heterocycles. The first kappa shape index (κ1) is 18.0. The van der Waals surface area contributed by atoms with Crippen LogP contribution >= 0.6 is 11.6 Å². The Hall–Kier alpha value is -2.32. The Bertz CT molecular complexity index is 608. The number of benzene rings is 1. The molecule has 1 atom stereocenters. The van der Waals surface area contributed by atoms with Crippen molar-refractivity contribution in [3.05, 3.63) is 34.9 Å². The maximum atomic E-state index is 12.0. The van der Waals surface area contributed by atoms with Crippen LogP contribution in [0.2, 0.25) is 5.02 Å². The number of hydrogen-bond acceptors (Lipinski definition) is 4. The molecule has 1 aliphatic heterocycles. The fourth-order valence-corrected chi connectivity index (χ4v) is 2.27. The Morgan fingerprint density at radius 2 is 1.96 bits per heavy atom. The highest BCUT2D eigenvalue weighted by Crippen LogP contribution is 2.09. The van der Waals surface area contributed by atoms with Gasteiger partial charge < -0.3 is 25.4 Å². The molecule has 0 saturated carbocycles. The molecule has 9 heteroatoms. The van der Waals surface area contributed by atoms with Crippen LogP contribution in [0.25, 0.3) is 0 Å². The standard InChI is InChI=1S/C15H18ClN3O5/c16-11-3-1-10(2-4-11)7-17-15(23)18-8-13(20)19-5-6-24-12(9-19)14(21)22/h1-4,12H,5-9H2,(H,21,22)(H2,17,18,23). The van der Waals surface area contributed by atoms with Gasteiger partial charge in [0.1, 0.15) is 0 Å². The monoisotopic (exact) mass is 355 g/mol. The molecule has 1 heterocycles. The zero-order valence-electron chi connectivity index (χ0n) is 12.8. The van der Waals surface area contributed by atoms with Crippen molar-refractivity contribution in [2.45, 2.75) is 12.6 Å². The molecular formula is C15H18ClN3O5. The lowest BCUT2D eigenvalue weighted by Crippen LogP contribution is -2.51. The third-order valence-electron chi connectivity index (χ3n) is 3.46. The first-order valence-corrected chi connectivity index (χ1v) is 7.72. The summed E-state index contributed by atoms with van der Waals surface area (Å²) in [5.41, 5.74) is 0.873. The molecule has 1 saturated heterocycles. The Kier molecular flexibility index (Phi) is 6.39. The second-order valence-corrected chi connectivity index (χ2v) is 5.64. The zero-order chi connectivity index (χ0) is 17.5. The summed E-state index contributed by atoms with van der Waals surface area (Å²) in [4.78, 5) is 35.9. The lowest BCUT2D eigenvalue weighted by atomic mass is 10.2. The smallest absolute Gasteiger partial charge is 0.334 e. The van der Waals surface area contributed by atoms with Crippen LogP contribution in [0.4, 0.5) is 4.79 Å². The van der Waals surface area contributed by atoms with Gasteiger partial charge >= 0.3 is 12.0 Å². The highest BCUT2D eigenvalue weighted by molar-refractivity contribution is 6.30. The van der Waals surface area contributed by atoms with Gasteiger partial charge in [-0.25, -0.2) is 9.59 Å². The van der Waals surface area contributed by atoms with Crippen molar-refractivity contribution >= 4 is 29.5 Å². The van der Waals surface area contributed by atoms with Gasteiger partial charge in [0.15, 0.2) is 6.10 Å². The Morgan fingerprint density at radius 1 is 1.25 bits per heavy atom. The molecule has 1 aromatic rings. The summed E-state index contributed by atoms with van der Waals surface area (Å²) < 4.78 is 5.04. The van der Waals surface area contributed by atoms with Crippen molar-refractivity contribution in [2.24, 2.45) is 0 Å². The number of aliphatic carboxylic acids is 1. The number of rotatable bonds is 5. The first-order chi connectivity index (χ1) is 11.5. The molecule has 3 amide bonds. The number of nitrogens with zero attached hydrogens (tertiary/aromatic N) is 1. The van der Waals surface area contributed by atoms with Crippen molar-refractivity contribution in [1.29, 1.82) is 0 Å². The van der Waals surface area contributed by atoms with E-state index in [1.807, 2.05) is 0 Å². The van der Waals surface area contributed by atoms with Crippen LogP contribution in [0.5, 0.6) is 0 Å². The molecule has 0 radical (unpaired) electrons. The number of ether oxygens (including phenoxy) is 1. The molecule has 0 aliphatic carbocycles. The van der Waals surface area contributed by atoms with Gasteiger partial charge in [-0.05, 0) is 17.7 Å². The highest BCUT2D eigenvalue weighted by atomic mass is 35.5. The summed E-state index contributed by atoms with van der Waals surface area (Å²) in [5, 5.41) is 14.6. The van der Waals surface area contributed by atoms with Gasteiger partial charge in [0.25, 0.3) is 0 Å². The van der Waals surface area contributed by atoms with Gasteiger partial charge in [-0.15, -0.1) is 0 Å². The summed E-state index contributed by atoms with van der Waals surface area (Å²) in [5.74, 6) is -1.47. The van der Waals surface area contributed by atoms with Gasteiger partial charge in [0, 0.05) is 18.1 Å². The van der Waals surface area contributed by atoms with Crippen molar-refractivity contribution in [3.63, 3.8) is 0 Å². The summed E-state index contributed by atoms with van der Waals surface area (Å²) in [7, 11) is 0. The summed E-state index contributed by atoms with van der Waals surface area (Å²) >= 11 is 5.78. The molecule has 24 heavy (non-hydrogen) atoms. The fourth-order valence-electron chi connectivity index (χ4n) is 2.14. The van der Waals surface area contributed by atoms with Crippen molar-refractivity contribution in [1.82, 2.24) is 15.5 Å². The average molecular weight is 356 g/mol. The maximum Gasteiger partial charge on any atom is 0.334 e. The summed E-state index contributed by atoms with van der Waals surface area (Å²) in [6, 6.07) is 6.52. The number of carbonyl (C=O) groups excluding carboxylic acids is 2. The molecule has 130 valence electrons. The van der Waals surface area contributed by atoms with E-state index in [1.165, 1.54) is 4.90 Å². The molecule has 0 bridgehead atoms. The van der Waals surface area contributed by atoms with E-state index in [2.05, 4.69) is 10.6 Å². The van der Waals surface area contributed by atoms with Crippen molar-refractivity contribution in [2.75, 3.05) is 26.2 Å². The number of carbonyl (C=O) groups is 3. The number of urea groups is 1. The van der Waals surface area contributed by atoms with E-state index in [1.54, 1.807) is 24.3 Å². The fraction of sp³-hybridized carbons (Fsp3) is 0.400. The van der Waals surface area contributed by atoms with Gasteiger partial charge in [-0.2, -0.15) is 0 Å². The topological polar surface area (TPSA) is 108 Å². The average Bonchev–Trinajstić information content (AvgIpc) is 2.59. The molecule has 3 N–H and O–H groups in total. The number of carboxylic acids is 1. The van der Waals surface area contributed by atoms with E-state index in [4.69, 9.17) is 21.4 Å². The van der Waals surface area contributed by atoms with Crippen LogP contribution in [-0.4, -0.2) is 60.3 Å². The number of halogens is 1. The number of nitrogens with one attached hydrogen (secondary N) is 2. The van der Waals surface area contributed by atoms with E-state index in [0.717, 1.165) is 5.56 Å². The third-order valence-corrected chi connectivity index (χ3v) is 3.71. The van der Waals surface area contributed by atoms with Crippen LogP contribution < -0.4 is 10.6 Å². The van der Waals surface area contributed by atoms with E-state index >= 15 is 0 Å². The normalized spacial score (nSPS) is 17.2. The van der Waals surface area contributed by atoms with Crippen molar-refractivity contribution in [3.8, 4) is 0 Å². The number of morpholine rings is 1. The van der Waals surface area contributed by atoms with Crippen LogP contribution in [-0.2, 0) is 20.9 Å². The van der Waals surface area contributed by atoms with Crippen LogP contribution in [0, 0.1) is 0 Å². The van der Waals surface area contributed by atoms with Crippen molar-refractivity contribution < 1.29 is 24.2 Å². The van der Waals surface area contributed by atoms with Crippen LogP contribution in [0.15, 0.2) is 24.3 Å². The Morgan fingerprint density at radius 3 is 2.62 bits per heavy atom. The van der Waals surface area contributed by atoms with E-state index in [9.17, 15) is 14.4 Å². The molecule has 1 aliphatic rings. The first-order valence-electron chi connectivity index (χ1n) is 7.34. The van der Waals surface area contributed by atoms with E-state index in [0.29, 0.717) is 18.1 Å². The zero-order valence-corrected chi connectivity index (χ0v) is 13.6. The van der Waals surface area contributed by atoms with Crippen LogP contribution in [0.1, 0.15) is 5.56 Å². The summed E-state index contributed by atoms with van der Waals surface area (Å²) in [6.07, 6.45) is -1.03. The number of carboxylic acid groups (broad SMARTS) is 1. The Balaban J connectivity index is 1.71.